The highest BCUT2D eigenvalue weighted by Crippen LogP contribution is 2.33. The number of rotatable bonds is 1. The van der Waals surface area contributed by atoms with E-state index in [1.54, 1.807) is 0 Å². The van der Waals surface area contributed by atoms with Crippen LogP contribution in [0.4, 0.5) is 0 Å². The molecule has 0 saturated carbocycles. The molecule has 1 atom stereocenters. The second-order valence-electron chi connectivity index (χ2n) is 3.08. The van der Waals surface area contributed by atoms with Gasteiger partial charge in [-0.05, 0) is 24.6 Å². The standard InChI is InChI=1S/C9H9BrO2/c1-9(6-11-12-9)7-2-4-8(10)5-3-7/h2-5H,6H2,1H3/t9-/m0/s1. The first-order chi connectivity index (χ1) is 5.71. The maximum absolute atomic E-state index is 5.03. The third kappa shape index (κ3) is 1.28. The van der Waals surface area contributed by atoms with Gasteiger partial charge in [-0.3, -0.25) is 0 Å². The Hall–Kier alpha value is -0.380. The molecule has 0 bridgehead atoms. The largest absolute Gasteiger partial charge is 0.232 e. The minimum atomic E-state index is -0.235. The molecule has 3 heteroatoms. The van der Waals surface area contributed by atoms with E-state index in [4.69, 9.17) is 9.78 Å². The molecular formula is C9H9BrO2. The summed E-state index contributed by atoms with van der Waals surface area (Å²) in [6, 6.07) is 8.07. The Bertz CT molecular complexity index is 277. The van der Waals surface area contributed by atoms with Gasteiger partial charge >= 0.3 is 0 Å². The predicted octanol–water partition coefficient (Wildman–Crippen LogP) is 2.63. The number of halogens is 1. The molecule has 0 radical (unpaired) electrons. The Morgan fingerprint density at radius 3 is 2.33 bits per heavy atom. The van der Waals surface area contributed by atoms with Crippen molar-refractivity contribution >= 4 is 15.9 Å². The van der Waals surface area contributed by atoms with E-state index in [0.29, 0.717) is 6.61 Å². The van der Waals surface area contributed by atoms with Crippen LogP contribution in [0.25, 0.3) is 0 Å². The van der Waals surface area contributed by atoms with E-state index in [9.17, 15) is 0 Å². The first-order valence-electron chi connectivity index (χ1n) is 3.77. The van der Waals surface area contributed by atoms with E-state index >= 15 is 0 Å². The summed E-state index contributed by atoms with van der Waals surface area (Å²) in [5, 5.41) is 0. The maximum atomic E-state index is 5.03. The SMILES string of the molecule is C[C@@]1(c2ccc(Br)cc2)COO1. The van der Waals surface area contributed by atoms with Gasteiger partial charge in [0.1, 0.15) is 6.61 Å². The van der Waals surface area contributed by atoms with Crippen LogP contribution >= 0.6 is 15.9 Å². The first kappa shape index (κ1) is 8.23. The molecule has 1 aromatic rings. The van der Waals surface area contributed by atoms with Crippen LogP contribution in [-0.4, -0.2) is 6.61 Å². The minimum Gasteiger partial charge on any atom is -0.232 e. The van der Waals surface area contributed by atoms with Crippen LogP contribution in [0.2, 0.25) is 0 Å². The fourth-order valence-corrected chi connectivity index (χ4v) is 1.43. The van der Waals surface area contributed by atoms with Gasteiger partial charge in [-0.1, -0.05) is 28.1 Å². The lowest BCUT2D eigenvalue weighted by atomic mass is 9.96. The monoisotopic (exact) mass is 228 g/mol. The lowest BCUT2D eigenvalue weighted by Gasteiger charge is -2.36. The quantitative estimate of drug-likeness (QED) is 0.689. The molecule has 1 aliphatic heterocycles. The summed E-state index contributed by atoms with van der Waals surface area (Å²) in [6.45, 7) is 2.65. The van der Waals surface area contributed by atoms with Gasteiger partial charge in [0.25, 0.3) is 0 Å². The van der Waals surface area contributed by atoms with Crippen molar-refractivity contribution in [2.24, 2.45) is 0 Å². The molecule has 0 aliphatic carbocycles. The van der Waals surface area contributed by atoms with Crippen molar-refractivity contribution in [3.63, 3.8) is 0 Å². The summed E-state index contributed by atoms with van der Waals surface area (Å²) in [5.74, 6) is 0. The molecule has 64 valence electrons. The van der Waals surface area contributed by atoms with Crippen LogP contribution in [0.5, 0.6) is 0 Å². The molecule has 0 unspecified atom stereocenters. The second-order valence-corrected chi connectivity index (χ2v) is 4.00. The molecule has 0 amide bonds. The van der Waals surface area contributed by atoms with Crippen LogP contribution in [0.15, 0.2) is 28.7 Å². The third-order valence-electron chi connectivity index (χ3n) is 2.03. The van der Waals surface area contributed by atoms with Crippen molar-refractivity contribution in [2.45, 2.75) is 12.5 Å². The van der Waals surface area contributed by atoms with Crippen molar-refractivity contribution in [1.82, 2.24) is 0 Å². The predicted molar refractivity (Wildman–Crippen MR) is 48.5 cm³/mol. The van der Waals surface area contributed by atoms with E-state index in [2.05, 4.69) is 15.9 Å². The summed E-state index contributed by atoms with van der Waals surface area (Å²) in [5.41, 5.74) is 0.915. The third-order valence-corrected chi connectivity index (χ3v) is 2.56. The molecule has 0 N–H and O–H groups in total. The van der Waals surface area contributed by atoms with E-state index in [1.165, 1.54) is 0 Å². The summed E-state index contributed by atoms with van der Waals surface area (Å²) in [4.78, 5) is 9.74. The zero-order valence-corrected chi connectivity index (χ0v) is 8.30. The number of hydrogen-bond acceptors (Lipinski definition) is 2. The first-order valence-corrected chi connectivity index (χ1v) is 4.57. The fourth-order valence-electron chi connectivity index (χ4n) is 1.17. The Morgan fingerprint density at radius 2 is 1.92 bits per heavy atom. The molecule has 2 nitrogen and oxygen atoms in total. The van der Waals surface area contributed by atoms with E-state index < -0.39 is 0 Å². The van der Waals surface area contributed by atoms with Gasteiger partial charge in [-0.2, -0.15) is 0 Å². The zero-order valence-electron chi connectivity index (χ0n) is 6.71. The van der Waals surface area contributed by atoms with Gasteiger partial charge in [0.15, 0.2) is 5.60 Å². The van der Waals surface area contributed by atoms with Crippen molar-refractivity contribution in [3.05, 3.63) is 34.3 Å². The Kier molecular flexibility index (Phi) is 1.94. The summed E-state index contributed by atoms with van der Waals surface area (Å²) in [7, 11) is 0. The molecule has 12 heavy (non-hydrogen) atoms. The van der Waals surface area contributed by atoms with Crippen molar-refractivity contribution < 1.29 is 9.78 Å². The van der Waals surface area contributed by atoms with E-state index in [0.717, 1.165) is 10.0 Å². The van der Waals surface area contributed by atoms with Crippen LogP contribution in [-0.2, 0) is 15.4 Å². The fraction of sp³-hybridized carbons (Fsp3) is 0.333. The normalized spacial score (nSPS) is 28.2. The highest BCUT2D eigenvalue weighted by Gasteiger charge is 2.37. The van der Waals surface area contributed by atoms with E-state index in [-0.39, 0.29) is 5.60 Å². The average Bonchev–Trinajstić information content (AvgIpc) is 2.02. The van der Waals surface area contributed by atoms with E-state index in [1.807, 2.05) is 31.2 Å². The molecule has 1 aromatic carbocycles. The highest BCUT2D eigenvalue weighted by molar-refractivity contribution is 9.10. The smallest absolute Gasteiger partial charge is 0.152 e. The molecule has 0 spiro atoms. The summed E-state index contributed by atoms with van der Waals surface area (Å²) >= 11 is 3.38. The van der Waals surface area contributed by atoms with Gasteiger partial charge in [0.05, 0.1) is 0 Å². The molecule has 1 fully saturated rings. The maximum Gasteiger partial charge on any atom is 0.152 e. The van der Waals surface area contributed by atoms with Gasteiger partial charge in [-0.25, -0.2) is 9.78 Å². The van der Waals surface area contributed by atoms with Gasteiger partial charge in [-0.15, -0.1) is 0 Å². The van der Waals surface area contributed by atoms with Crippen LogP contribution in [0.1, 0.15) is 12.5 Å². The van der Waals surface area contributed by atoms with Gasteiger partial charge in [0, 0.05) is 4.47 Å². The van der Waals surface area contributed by atoms with Crippen LogP contribution in [0, 0.1) is 0 Å². The molecule has 0 aromatic heterocycles. The molecule has 1 aliphatic rings. The Morgan fingerprint density at radius 1 is 1.33 bits per heavy atom. The zero-order chi connectivity index (χ0) is 8.60. The molecule has 2 rings (SSSR count). The lowest BCUT2D eigenvalue weighted by Crippen LogP contribution is -2.41. The Labute approximate surface area is 79.5 Å². The lowest BCUT2D eigenvalue weighted by molar-refractivity contribution is -0.473. The number of hydrogen-bond donors (Lipinski definition) is 0. The molecule has 1 saturated heterocycles. The summed E-state index contributed by atoms with van der Waals surface area (Å²) in [6.07, 6.45) is 0. The van der Waals surface area contributed by atoms with Crippen LogP contribution < -0.4 is 0 Å². The van der Waals surface area contributed by atoms with Crippen LogP contribution in [0.3, 0.4) is 0 Å². The second kappa shape index (κ2) is 2.83. The topological polar surface area (TPSA) is 18.5 Å². The Balaban J connectivity index is 2.28. The average molecular weight is 229 g/mol. The minimum absolute atomic E-state index is 0.235. The highest BCUT2D eigenvalue weighted by atomic mass is 79.9. The van der Waals surface area contributed by atoms with Crippen molar-refractivity contribution in [3.8, 4) is 0 Å². The number of benzene rings is 1. The molecular weight excluding hydrogens is 220 g/mol. The van der Waals surface area contributed by atoms with Crippen molar-refractivity contribution in [1.29, 1.82) is 0 Å². The van der Waals surface area contributed by atoms with Gasteiger partial charge < -0.3 is 0 Å². The van der Waals surface area contributed by atoms with Crippen molar-refractivity contribution in [2.75, 3.05) is 6.61 Å². The summed E-state index contributed by atoms with van der Waals surface area (Å²) < 4.78 is 1.08. The van der Waals surface area contributed by atoms with Gasteiger partial charge in [0.2, 0.25) is 0 Å². The molecule has 1 heterocycles.